The molecular formula is C15H24N2O2. The van der Waals surface area contributed by atoms with E-state index in [1.807, 2.05) is 31.2 Å². The smallest absolute Gasteiger partial charge is 0.223 e. The summed E-state index contributed by atoms with van der Waals surface area (Å²) >= 11 is 0. The largest absolute Gasteiger partial charge is 0.493 e. The number of carbonyl (C=O) groups excluding carboxylic acids is 1. The van der Waals surface area contributed by atoms with Gasteiger partial charge >= 0.3 is 0 Å². The van der Waals surface area contributed by atoms with Crippen molar-refractivity contribution in [3.63, 3.8) is 0 Å². The van der Waals surface area contributed by atoms with Crippen LogP contribution in [-0.4, -0.2) is 25.6 Å². The summed E-state index contributed by atoms with van der Waals surface area (Å²) in [6, 6.07) is 7.98. The molecule has 0 fully saturated rings. The molecule has 19 heavy (non-hydrogen) atoms. The summed E-state index contributed by atoms with van der Waals surface area (Å²) < 4.78 is 5.52. The van der Waals surface area contributed by atoms with E-state index in [1.54, 1.807) is 0 Å². The van der Waals surface area contributed by atoms with Crippen LogP contribution in [0, 0.1) is 0 Å². The number of hydrogen-bond acceptors (Lipinski definition) is 3. The SMILES string of the molecule is CCCNCc1ccc(OCCC(=O)NCC)cc1. The van der Waals surface area contributed by atoms with Crippen LogP contribution in [0.25, 0.3) is 0 Å². The quantitative estimate of drug-likeness (QED) is 0.672. The third kappa shape index (κ3) is 6.82. The number of rotatable bonds is 9. The molecule has 0 aromatic heterocycles. The standard InChI is InChI=1S/C15H24N2O2/c1-3-10-16-12-13-5-7-14(8-6-13)19-11-9-15(18)17-4-2/h5-8,16H,3-4,9-12H2,1-2H3,(H,17,18). The summed E-state index contributed by atoms with van der Waals surface area (Å²) in [6.45, 7) is 7.05. The molecule has 0 radical (unpaired) electrons. The lowest BCUT2D eigenvalue weighted by Crippen LogP contribution is -2.24. The molecule has 0 heterocycles. The first kappa shape index (κ1) is 15.5. The van der Waals surface area contributed by atoms with Crippen molar-refractivity contribution >= 4 is 5.91 Å². The Hall–Kier alpha value is -1.55. The molecule has 0 saturated heterocycles. The zero-order valence-electron chi connectivity index (χ0n) is 11.9. The maximum absolute atomic E-state index is 11.2. The molecule has 4 nitrogen and oxygen atoms in total. The van der Waals surface area contributed by atoms with Crippen LogP contribution in [0.4, 0.5) is 0 Å². The van der Waals surface area contributed by atoms with Gasteiger partial charge in [-0.1, -0.05) is 19.1 Å². The molecule has 1 rings (SSSR count). The Bertz CT molecular complexity index is 363. The fraction of sp³-hybridized carbons (Fsp3) is 0.533. The number of ether oxygens (including phenoxy) is 1. The molecule has 1 aromatic carbocycles. The van der Waals surface area contributed by atoms with E-state index in [1.165, 1.54) is 5.56 Å². The van der Waals surface area contributed by atoms with E-state index in [0.717, 1.165) is 25.3 Å². The van der Waals surface area contributed by atoms with Crippen molar-refractivity contribution < 1.29 is 9.53 Å². The topological polar surface area (TPSA) is 50.4 Å². The molecule has 0 spiro atoms. The lowest BCUT2D eigenvalue weighted by molar-refractivity contribution is -0.121. The minimum atomic E-state index is 0.0304. The van der Waals surface area contributed by atoms with Gasteiger partial charge in [0.2, 0.25) is 5.91 Å². The van der Waals surface area contributed by atoms with Gasteiger partial charge in [-0.15, -0.1) is 0 Å². The zero-order valence-corrected chi connectivity index (χ0v) is 11.9. The summed E-state index contributed by atoms with van der Waals surface area (Å²) in [5.74, 6) is 0.839. The third-order valence-corrected chi connectivity index (χ3v) is 2.65. The molecule has 0 bridgehead atoms. The predicted molar refractivity (Wildman–Crippen MR) is 77.2 cm³/mol. The van der Waals surface area contributed by atoms with Gasteiger partial charge in [0.1, 0.15) is 5.75 Å². The summed E-state index contributed by atoms with van der Waals surface area (Å²) in [5, 5.41) is 6.09. The molecule has 1 aromatic rings. The van der Waals surface area contributed by atoms with Gasteiger partial charge in [-0.2, -0.15) is 0 Å². The monoisotopic (exact) mass is 264 g/mol. The number of benzene rings is 1. The van der Waals surface area contributed by atoms with Crippen molar-refractivity contribution in [1.82, 2.24) is 10.6 Å². The maximum Gasteiger partial charge on any atom is 0.223 e. The zero-order chi connectivity index (χ0) is 13.9. The molecule has 4 heteroatoms. The van der Waals surface area contributed by atoms with E-state index in [-0.39, 0.29) is 5.91 Å². The highest BCUT2D eigenvalue weighted by molar-refractivity contribution is 5.75. The van der Waals surface area contributed by atoms with Crippen molar-refractivity contribution in [1.29, 1.82) is 0 Å². The molecule has 0 atom stereocenters. The predicted octanol–water partition coefficient (Wildman–Crippen LogP) is 2.09. The van der Waals surface area contributed by atoms with Gasteiger partial charge in [-0.25, -0.2) is 0 Å². The summed E-state index contributed by atoms with van der Waals surface area (Å²) in [6.07, 6.45) is 1.54. The molecule has 106 valence electrons. The highest BCUT2D eigenvalue weighted by atomic mass is 16.5. The minimum Gasteiger partial charge on any atom is -0.493 e. The minimum absolute atomic E-state index is 0.0304. The van der Waals surface area contributed by atoms with E-state index in [2.05, 4.69) is 17.6 Å². The van der Waals surface area contributed by atoms with Crippen LogP contribution >= 0.6 is 0 Å². The molecule has 0 unspecified atom stereocenters. The van der Waals surface area contributed by atoms with Gasteiger partial charge in [-0.05, 0) is 37.6 Å². The van der Waals surface area contributed by atoms with Crippen LogP contribution in [-0.2, 0) is 11.3 Å². The average Bonchev–Trinajstić information content (AvgIpc) is 2.41. The number of amides is 1. The third-order valence-electron chi connectivity index (χ3n) is 2.65. The second-order valence-corrected chi connectivity index (χ2v) is 4.37. The first-order valence-corrected chi connectivity index (χ1v) is 6.95. The van der Waals surface area contributed by atoms with Gasteiger partial charge in [0.05, 0.1) is 13.0 Å². The second-order valence-electron chi connectivity index (χ2n) is 4.37. The van der Waals surface area contributed by atoms with Crippen molar-refractivity contribution in [2.24, 2.45) is 0 Å². The summed E-state index contributed by atoms with van der Waals surface area (Å²) in [4.78, 5) is 11.2. The highest BCUT2D eigenvalue weighted by Crippen LogP contribution is 2.12. The van der Waals surface area contributed by atoms with Crippen molar-refractivity contribution in [3.8, 4) is 5.75 Å². The molecule has 0 saturated carbocycles. The number of carbonyl (C=O) groups is 1. The van der Waals surface area contributed by atoms with E-state index < -0.39 is 0 Å². The van der Waals surface area contributed by atoms with Crippen LogP contribution in [0.15, 0.2) is 24.3 Å². The Morgan fingerprint density at radius 2 is 1.95 bits per heavy atom. The Kier molecular flexibility index (Phi) is 7.66. The van der Waals surface area contributed by atoms with Gasteiger partial charge in [0.25, 0.3) is 0 Å². The first-order valence-electron chi connectivity index (χ1n) is 6.95. The van der Waals surface area contributed by atoms with Crippen LogP contribution in [0.2, 0.25) is 0 Å². The maximum atomic E-state index is 11.2. The van der Waals surface area contributed by atoms with Gasteiger partial charge in [-0.3, -0.25) is 4.79 Å². The van der Waals surface area contributed by atoms with Gasteiger partial charge in [0.15, 0.2) is 0 Å². The summed E-state index contributed by atoms with van der Waals surface area (Å²) in [7, 11) is 0. The van der Waals surface area contributed by atoms with Crippen LogP contribution in [0.1, 0.15) is 32.3 Å². The van der Waals surface area contributed by atoms with Crippen LogP contribution < -0.4 is 15.4 Å². The fourth-order valence-electron chi connectivity index (χ4n) is 1.66. The molecule has 1 amide bonds. The average molecular weight is 264 g/mol. The van der Waals surface area contributed by atoms with Gasteiger partial charge in [0, 0.05) is 13.1 Å². The van der Waals surface area contributed by atoms with Crippen LogP contribution in [0.5, 0.6) is 5.75 Å². The fourth-order valence-corrected chi connectivity index (χ4v) is 1.66. The lowest BCUT2D eigenvalue weighted by Gasteiger charge is -2.08. The number of nitrogens with one attached hydrogen (secondary N) is 2. The Morgan fingerprint density at radius 1 is 1.21 bits per heavy atom. The van der Waals surface area contributed by atoms with E-state index >= 15 is 0 Å². The highest BCUT2D eigenvalue weighted by Gasteiger charge is 2.00. The molecular weight excluding hydrogens is 240 g/mol. The number of hydrogen-bond donors (Lipinski definition) is 2. The second kappa shape index (κ2) is 9.39. The van der Waals surface area contributed by atoms with Crippen molar-refractivity contribution in [2.45, 2.75) is 33.2 Å². The van der Waals surface area contributed by atoms with Crippen LogP contribution in [0.3, 0.4) is 0 Å². The molecule has 2 N–H and O–H groups in total. The molecule has 0 aliphatic carbocycles. The first-order chi connectivity index (χ1) is 9.26. The Morgan fingerprint density at radius 3 is 2.58 bits per heavy atom. The van der Waals surface area contributed by atoms with Crippen molar-refractivity contribution in [3.05, 3.63) is 29.8 Å². The Labute approximate surface area is 115 Å². The normalized spacial score (nSPS) is 10.2. The lowest BCUT2D eigenvalue weighted by atomic mass is 10.2. The van der Waals surface area contributed by atoms with Gasteiger partial charge < -0.3 is 15.4 Å². The molecule has 0 aliphatic heterocycles. The van der Waals surface area contributed by atoms with Crippen molar-refractivity contribution in [2.75, 3.05) is 19.7 Å². The van der Waals surface area contributed by atoms with E-state index in [4.69, 9.17) is 4.74 Å². The molecule has 0 aliphatic rings. The summed E-state index contributed by atoms with van der Waals surface area (Å²) in [5.41, 5.74) is 1.24. The van der Waals surface area contributed by atoms with E-state index in [9.17, 15) is 4.79 Å². The Balaban J connectivity index is 2.26. The van der Waals surface area contributed by atoms with E-state index in [0.29, 0.717) is 19.6 Å².